The number of nitrogens with one attached hydrogen (secondary N) is 2. The van der Waals surface area contributed by atoms with Crippen LogP contribution in [0.3, 0.4) is 0 Å². The zero-order chi connectivity index (χ0) is 20.8. The third-order valence-electron chi connectivity index (χ3n) is 3.90. The van der Waals surface area contributed by atoms with E-state index >= 15 is 0 Å². The van der Waals surface area contributed by atoms with Crippen molar-refractivity contribution in [1.29, 1.82) is 0 Å². The first-order valence-electron chi connectivity index (χ1n) is 8.67. The molecular weight excluding hydrogens is 454 g/mol. The summed E-state index contributed by atoms with van der Waals surface area (Å²) in [7, 11) is 0. The first-order valence-corrected chi connectivity index (χ1v) is 10.5. The van der Waals surface area contributed by atoms with Crippen LogP contribution in [-0.4, -0.2) is 32.7 Å². The predicted molar refractivity (Wildman–Crippen MR) is 121 cm³/mol. The maximum Gasteiger partial charge on any atom is 0.264 e. The van der Waals surface area contributed by atoms with Gasteiger partial charge in [-0.05, 0) is 43.2 Å². The van der Waals surface area contributed by atoms with E-state index in [-0.39, 0.29) is 17.6 Å². The number of halogens is 1. The standard InChI is InChI=1S/C19H20BrN7OS/c1-12-3-8-16(13(2)9-12)23-17(28)11-29-19-26-25-18(27(19)21)24-22-10-14-4-6-15(20)7-5-14/h3-10H,11,21H2,1-2H3,(H,23,28)(H,24,25)/b22-10+. The Morgan fingerprint density at radius 1 is 1.24 bits per heavy atom. The molecule has 1 heterocycles. The number of benzene rings is 2. The van der Waals surface area contributed by atoms with Crippen LogP contribution < -0.4 is 16.6 Å². The summed E-state index contributed by atoms with van der Waals surface area (Å²) in [6.07, 6.45) is 1.64. The molecule has 0 atom stereocenters. The van der Waals surface area contributed by atoms with E-state index in [9.17, 15) is 4.79 Å². The van der Waals surface area contributed by atoms with Crippen LogP contribution in [0.25, 0.3) is 0 Å². The molecule has 0 saturated heterocycles. The number of carbonyl (C=O) groups excluding carboxylic acids is 1. The average Bonchev–Trinajstić information content (AvgIpc) is 3.04. The number of hydrogen-bond acceptors (Lipinski definition) is 7. The Hall–Kier alpha value is -2.85. The van der Waals surface area contributed by atoms with Crippen LogP contribution in [0, 0.1) is 13.8 Å². The second-order valence-electron chi connectivity index (χ2n) is 6.25. The maximum absolute atomic E-state index is 12.2. The summed E-state index contributed by atoms with van der Waals surface area (Å²) < 4.78 is 2.25. The number of hydrazone groups is 1. The molecule has 0 unspecified atom stereocenters. The van der Waals surface area contributed by atoms with Crippen LogP contribution in [0.1, 0.15) is 16.7 Å². The van der Waals surface area contributed by atoms with Gasteiger partial charge in [-0.3, -0.25) is 4.79 Å². The van der Waals surface area contributed by atoms with Gasteiger partial charge >= 0.3 is 0 Å². The number of carbonyl (C=O) groups is 1. The van der Waals surface area contributed by atoms with Gasteiger partial charge in [-0.2, -0.15) is 5.10 Å². The van der Waals surface area contributed by atoms with Crippen molar-refractivity contribution in [2.45, 2.75) is 19.0 Å². The van der Waals surface area contributed by atoms with Gasteiger partial charge in [0.2, 0.25) is 11.1 Å². The second kappa shape index (κ2) is 9.57. The Balaban J connectivity index is 1.53. The fourth-order valence-electron chi connectivity index (χ4n) is 2.44. The normalized spacial score (nSPS) is 11.0. The van der Waals surface area contributed by atoms with E-state index in [4.69, 9.17) is 5.84 Å². The molecule has 0 spiro atoms. The number of aryl methyl sites for hydroxylation is 2. The minimum Gasteiger partial charge on any atom is -0.334 e. The molecule has 10 heteroatoms. The van der Waals surface area contributed by atoms with Crippen molar-refractivity contribution in [2.24, 2.45) is 5.10 Å². The number of rotatable bonds is 7. The lowest BCUT2D eigenvalue weighted by Crippen LogP contribution is -2.17. The highest BCUT2D eigenvalue weighted by molar-refractivity contribution is 9.10. The molecule has 150 valence electrons. The number of amides is 1. The van der Waals surface area contributed by atoms with Crippen molar-refractivity contribution in [3.63, 3.8) is 0 Å². The van der Waals surface area contributed by atoms with Crippen LogP contribution in [0.5, 0.6) is 0 Å². The van der Waals surface area contributed by atoms with Crippen molar-refractivity contribution < 1.29 is 4.79 Å². The first kappa shape index (κ1) is 20.9. The fourth-order valence-corrected chi connectivity index (χ4v) is 3.36. The minimum absolute atomic E-state index is 0.146. The van der Waals surface area contributed by atoms with Gasteiger partial charge in [0, 0.05) is 10.2 Å². The zero-order valence-electron chi connectivity index (χ0n) is 15.9. The molecule has 0 fully saturated rings. The quantitative estimate of drug-likeness (QED) is 0.209. The molecule has 1 aromatic heterocycles. The lowest BCUT2D eigenvalue weighted by molar-refractivity contribution is -0.113. The van der Waals surface area contributed by atoms with Crippen molar-refractivity contribution in [1.82, 2.24) is 14.9 Å². The number of thioether (sulfide) groups is 1. The van der Waals surface area contributed by atoms with Gasteiger partial charge < -0.3 is 11.2 Å². The molecule has 29 heavy (non-hydrogen) atoms. The highest BCUT2D eigenvalue weighted by atomic mass is 79.9. The third kappa shape index (κ3) is 5.81. The smallest absolute Gasteiger partial charge is 0.264 e. The highest BCUT2D eigenvalue weighted by Gasteiger charge is 2.12. The van der Waals surface area contributed by atoms with Gasteiger partial charge in [0.15, 0.2) is 0 Å². The zero-order valence-corrected chi connectivity index (χ0v) is 18.3. The Bertz CT molecular complexity index is 1030. The van der Waals surface area contributed by atoms with E-state index in [2.05, 4.69) is 42.0 Å². The number of anilines is 2. The van der Waals surface area contributed by atoms with E-state index in [1.54, 1.807) is 6.21 Å². The maximum atomic E-state index is 12.2. The Morgan fingerprint density at radius 2 is 2.00 bits per heavy atom. The lowest BCUT2D eigenvalue weighted by Gasteiger charge is -2.08. The number of nitrogens with two attached hydrogens (primary N) is 1. The summed E-state index contributed by atoms with van der Waals surface area (Å²) in [6.45, 7) is 3.97. The Kier molecular flexibility index (Phi) is 6.89. The van der Waals surface area contributed by atoms with Gasteiger partial charge in [-0.1, -0.05) is 57.5 Å². The number of hydrogen-bond donors (Lipinski definition) is 3. The van der Waals surface area contributed by atoms with Crippen LogP contribution in [0.2, 0.25) is 0 Å². The summed E-state index contributed by atoms with van der Waals surface area (Å²) >= 11 is 4.57. The molecule has 0 aliphatic rings. The lowest BCUT2D eigenvalue weighted by atomic mass is 10.1. The van der Waals surface area contributed by atoms with Gasteiger partial charge in [-0.25, -0.2) is 10.1 Å². The topological polar surface area (TPSA) is 110 Å². The van der Waals surface area contributed by atoms with Crippen LogP contribution >= 0.6 is 27.7 Å². The van der Waals surface area contributed by atoms with E-state index in [0.29, 0.717) is 5.16 Å². The van der Waals surface area contributed by atoms with Crippen LogP contribution in [0.15, 0.2) is 57.2 Å². The van der Waals surface area contributed by atoms with Gasteiger partial charge in [0.1, 0.15) is 0 Å². The Morgan fingerprint density at radius 3 is 2.72 bits per heavy atom. The number of nitrogen functional groups attached to an aromatic ring is 1. The van der Waals surface area contributed by atoms with Crippen molar-refractivity contribution in [3.8, 4) is 0 Å². The van der Waals surface area contributed by atoms with E-state index in [0.717, 1.165) is 26.9 Å². The SMILES string of the molecule is Cc1ccc(NC(=O)CSc2nnc(N/N=C/c3ccc(Br)cc3)n2N)c(C)c1. The van der Waals surface area contributed by atoms with E-state index in [1.807, 2.05) is 56.3 Å². The molecular formula is C19H20BrN7OS. The largest absolute Gasteiger partial charge is 0.334 e. The summed E-state index contributed by atoms with van der Waals surface area (Å²) in [5.41, 5.74) is 6.62. The van der Waals surface area contributed by atoms with Crippen molar-refractivity contribution >= 4 is 51.4 Å². The van der Waals surface area contributed by atoms with Crippen molar-refractivity contribution in [2.75, 3.05) is 22.3 Å². The fraction of sp³-hybridized carbons (Fsp3) is 0.158. The molecule has 0 saturated carbocycles. The number of nitrogens with zero attached hydrogens (tertiary/aromatic N) is 4. The summed E-state index contributed by atoms with van der Waals surface area (Å²) in [4.78, 5) is 12.2. The van der Waals surface area contributed by atoms with Crippen LogP contribution in [0.4, 0.5) is 11.6 Å². The molecule has 8 nitrogen and oxygen atoms in total. The second-order valence-corrected chi connectivity index (χ2v) is 8.11. The molecule has 3 aromatic rings. The van der Waals surface area contributed by atoms with Gasteiger partial charge in [0.05, 0.1) is 12.0 Å². The predicted octanol–water partition coefficient (Wildman–Crippen LogP) is 3.55. The first-order chi connectivity index (χ1) is 13.9. The summed E-state index contributed by atoms with van der Waals surface area (Å²) in [6, 6.07) is 13.5. The molecule has 0 aliphatic carbocycles. The van der Waals surface area contributed by atoms with Gasteiger partial charge in [-0.15, -0.1) is 10.2 Å². The third-order valence-corrected chi connectivity index (χ3v) is 5.37. The molecule has 0 radical (unpaired) electrons. The van der Waals surface area contributed by atoms with Crippen molar-refractivity contribution in [3.05, 3.63) is 63.6 Å². The van der Waals surface area contributed by atoms with Crippen LogP contribution in [-0.2, 0) is 4.79 Å². The van der Waals surface area contributed by atoms with Gasteiger partial charge in [0.25, 0.3) is 5.95 Å². The average molecular weight is 474 g/mol. The van der Waals surface area contributed by atoms with E-state index in [1.165, 1.54) is 16.4 Å². The molecule has 0 aliphatic heterocycles. The molecule has 0 bridgehead atoms. The number of aromatic nitrogens is 3. The molecule has 2 aromatic carbocycles. The highest BCUT2D eigenvalue weighted by Crippen LogP contribution is 2.19. The molecule has 4 N–H and O–H groups in total. The summed E-state index contributed by atoms with van der Waals surface area (Å²) in [5, 5.41) is 15.3. The van der Waals surface area contributed by atoms with E-state index < -0.39 is 0 Å². The minimum atomic E-state index is -0.146. The molecule has 1 amide bonds. The molecule has 3 rings (SSSR count). The summed E-state index contributed by atoms with van der Waals surface area (Å²) in [5.74, 6) is 6.26. The Labute approximate surface area is 181 Å². The monoisotopic (exact) mass is 473 g/mol.